The van der Waals surface area contributed by atoms with Gasteiger partial charge in [0.2, 0.25) is 0 Å². The van der Waals surface area contributed by atoms with Crippen molar-refractivity contribution in [2.75, 3.05) is 0 Å². The maximum atomic E-state index is 11.4. The molecule has 3 aromatic rings. The van der Waals surface area contributed by atoms with E-state index in [1.807, 2.05) is 0 Å². The third kappa shape index (κ3) is 2.40. The number of carbonyl (C=O) groups is 1. The van der Waals surface area contributed by atoms with Gasteiger partial charge in [0.05, 0.1) is 0 Å². The summed E-state index contributed by atoms with van der Waals surface area (Å²) in [7, 11) is 0. The van der Waals surface area contributed by atoms with Crippen molar-refractivity contribution < 1.29 is 9.53 Å². The molecule has 0 N–H and O–H groups in total. The van der Waals surface area contributed by atoms with Gasteiger partial charge in [-0.15, -0.1) is 0 Å². The molecular weight excluding hydrogens is 284 g/mol. The first-order valence-electron chi connectivity index (χ1n) is 8.01. The van der Waals surface area contributed by atoms with Crippen LogP contribution in [-0.4, -0.2) is 12.1 Å². The van der Waals surface area contributed by atoms with E-state index in [0.717, 1.165) is 19.3 Å². The quantitative estimate of drug-likeness (QED) is 0.393. The van der Waals surface area contributed by atoms with E-state index in [4.69, 9.17) is 4.74 Å². The highest BCUT2D eigenvalue weighted by atomic mass is 16.5. The van der Waals surface area contributed by atoms with Crippen molar-refractivity contribution in [3.8, 4) is 0 Å². The third-order valence-electron chi connectivity index (χ3n) is 4.75. The predicted octanol–water partition coefficient (Wildman–Crippen LogP) is 4.58. The Kier molecular flexibility index (Phi) is 3.38. The molecule has 1 unspecified atom stereocenters. The molecule has 0 aliphatic heterocycles. The topological polar surface area (TPSA) is 26.3 Å². The maximum absolute atomic E-state index is 11.4. The number of ether oxygens (including phenoxy) is 1. The minimum Gasteiger partial charge on any atom is -0.459 e. The number of benzene rings is 3. The second kappa shape index (κ2) is 5.54. The first-order valence-corrected chi connectivity index (χ1v) is 8.01. The van der Waals surface area contributed by atoms with Gasteiger partial charge in [0, 0.05) is 12.5 Å². The summed E-state index contributed by atoms with van der Waals surface area (Å²) >= 11 is 0. The molecule has 0 spiro atoms. The van der Waals surface area contributed by atoms with Crippen molar-refractivity contribution in [1.29, 1.82) is 0 Å². The fraction of sp³-hybridized carbons (Fsp3) is 0.190. The van der Waals surface area contributed by atoms with Crippen molar-refractivity contribution in [3.63, 3.8) is 0 Å². The lowest BCUT2D eigenvalue weighted by atomic mass is 9.85. The Bertz CT molecular complexity index is 924. The monoisotopic (exact) mass is 302 g/mol. The number of fused-ring (bicyclic) bond motifs is 5. The molecule has 4 rings (SSSR count). The summed E-state index contributed by atoms with van der Waals surface area (Å²) < 4.78 is 5.42. The molecule has 0 amide bonds. The normalized spacial score (nSPS) is 17.0. The van der Waals surface area contributed by atoms with E-state index in [2.05, 4.69) is 55.1 Å². The van der Waals surface area contributed by atoms with Gasteiger partial charge >= 0.3 is 5.97 Å². The van der Waals surface area contributed by atoms with Crippen molar-refractivity contribution in [1.82, 2.24) is 0 Å². The van der Waals surface area contributed by atoms with Crippen LogP contribution in [0.1, 0.15) is 17.5 Å². The van der Waals surface area contributed by atoms with E-state index >= 15 is 0 Å². The van der Waals surface area contributed by atoms with Crippen LogP contribution in [0.3, 0.4) is 0 Å². The first-order chi connectivity index (χ1) is 11.3. The van der Waals surface area contributed by atoms with Crippen LogP contribution in [0, 0.1) is 0 Å². The van der Waals surface area contributed by atoms with Gasteiger partial charge in [-0.25, -0.2) is 4.79 Å². The van der Waals surface area contributed by atoms with Crippen LogP contribution in [0.2, 0.25) is 0 Å². The number of carbonyl (C=O) groups excluding carboxylic acids is 1. The summed E-state index contributed by atoms with van der Waals surface area (Å²) in [5.74, 6) is -0.328. The standard InChI is InChI=1S/C21H18O2/c1-2-21(22)23-16-9-12-18-15(13-16)8-11-19-17-6-4-3-5-14(17)7-10-20(18)19/h2-8,10-11,16H,1,9,12-13H2. The summed E-state index contributed by atoms with van der Waals surface area (Å²) in [5.41, 5.74) is 2.69. The van der Waals surface area contributed by atoms with Gasteiger partial charge in [-0.1, -0.05) is 55.1 Å². The Hall–Kier alpha value is -2.61. The van der Waals surface area contributed by atoms with E-state index in [1.165, 1.54) is 38.7 Å². The molecule has 1 atom stereocenters. The Morgan fingerprint density at radius 1 is 1.04 bits per heavy atom. The van der Waals surface area contributed by atoms with Crippen LogP contribution in [0.5, 0.6) is 0 Å². The fourth-order valence-electron chi connectivity index (χ4n) is 3.65. The van der Waals surface area contributed by atoms with E-state index in [1.54, 1.807) is 0 Å². The maximum Gasteiger partial charge on any atom is 0.330 e. The van der Waals surface area contributed by atoms with Gasteiger partial charge in [-0.05, 0) is 45.5 Å². The average molecular weight is 302 g/mol. The molecule has 1 aliphatic rings. The Morgan fingerprint density at radius 3 is 2.74 bits per heavy atom. The fourth-order valence-corrected chi connectivity index (χ4v) is 3.65. The molecule has 0 aromatic heterocycles. The van der Waals surface area contributed by atoms with Crippen LogP contribution < -0.4 is 0 Å². The van der Waals surface area contributed by atoms with E-state index in [0.29, 0.717) is 0 Å². The number of hydrogen-bond donors (Lipinski definition) is 0. The third-order valence-corrected chi connectivity index (χ3v) is 4.75. The molecule has 23 heavy (non-hydrogen) atoms. The molecule has 114 valence electrons. The molecule has 2 heteroatoms. The van der Waals surface area contributed by atoms with E-state index in [-0.39, 0.29) is 12.1 Å². The van der Waals surface area contributed by atoms with Crippen molar-refractivity contribution in [3.05, 3.63) is 72.3 Å². The highest BCUT2D eigenvalue weighted by Crippen LogP contribution is 2.33. The molecule has 0 heterocycles. The molecule has 0 fully saturated rings. The SMILES string of the molecule is C=CC(=O)OC1CCc2c(ccc3c2ccc2ccccc23)C1. The number of esters is 1. The lowest BCUT2D eigenvalue weighted by Gasteiger charge is -2.25. The second-order valence-corrected chi connectivity index (χ2v) is 6.09. The number of hydrogen-bond acceptors (Lipinski definition) is 2. The summed E-state index contributed by atoms with van der Waals surface area (Å²) in [6.07, 6.45) is 3.81. The zero-order valence-electron chi connectivity index (χ0n) is 12.9. The van der Waals surface area contributed by atoms with E-state index in [9.17, 15) is 4.79 Å². The van der Waals surface area contributed by atoms with Crippen molar-refractivity contribution in [2.24, 2.45) is 0 Å². The van der Waals surface area contributed by atoms with Gasteiger partial charge in [0.25, 0.3) is 0 Å². The summed E-state index contributed by atoms with van der Waals surface area (Å²) in [4.78, 5) is 11.4. The average Bonchev–Trinajstić information content (AvgIpc) is 2.60. The number of aryl methyl sites for hydroxylation is 1. The highest BCUT2D eigenvalue weighted by Gasteiger charge is 2.22. The smallest absolute Gasteiger partial charge is 0.330 e. The Balaban J connectivity index is 1.78. The van der Waals surface area contributed by atoms with Gasteiger partial charge in [-0.2, -0.15) is 0 Å². The van der Waals surface area contributed by atoms with Crippen LogP contribution in [0.4, 0.5) is 0 Å². The zero-order valence-corrected chi connectivity index (χ0v) is 12.9. The number of rotatable bonds is 2. The van der Waals surface area contributed by atoms with Crippen LogP contribution in [-0.2, 0) is 22.4 Å². The van der Waals surface area contributed by atoms with Crippen LogP contribution in [0.15, 0.2) is 61.2 Å². The molecule has 0 bridgehead atoms. The van der Waals surface area contributed by atoms with Gasteiger partial charge in [0.1, 0.15) is 6.10 Å². The van der Waals surface area contributed by atoms with E-state index < -0.39 is 0 Å². The minimum atomic E-state index is -0.328. The second-order valence-electron chi connectivity index (χ2n) is 6.09. The summed E-state index contributed by atoms with van der Waals surface area (Å²) in [6, 6.07) is 17.3. The van der Waals surface area contributed by atoms with Gasteiger partial charge in [0.15, 0.2) is 0 Å². The molecule has 0 saturated heterocycles. The molecular formula is C21H18O2. The highest BCUT2D eigenvalue weighted by molar-refractivity contribution is 6.08. The van der Waals surface area contributed by atoms with Crippen molar-refractivity contribution >= 4 is 27.5 Å². The lowest BCUT2D eigenvalue weighted by molar-refractivity contribution is -0.143. The zero-order chi connectivity index (χ0) is 15.8. The lowest BCUT2D eigenvalue weighted by Crippen LogP contribution is -2.24. The first kappa shape index (κ1) is 14.0. The largest absolute Gasteiger partial charge is 0.459 e. The van der Waals surface area contributed by atoms with Crippen molar-refractivity contribution in [2.45, 2.75) is 25.4 Å². The summed E-state index contributed by atoms with van der Waals surface area (Å²) in [5, 5.41) is 5.21. The minimum absolute atomic E-state index is 0.0362. The Morgan fingerprint density at radius 2 is 1.87 bits per heavy atom. The van der Waals surface area contributed by atoms with Gasteiger partial charge < -0.3 is 4.74 Å². The molecule has 0 radical (unpaired) electrons. The molecule has 3 aromatic carbocycles. The van der Waals surface area contributed by atoms with Crippen LogP contribution >= 0.6 is 0 Å². The summed E-state index contributed by atoms with van der Waals surface area (Å²) in [6.45, 7) is 3.47. The molecule has 1 aliphatic carbocycles. The molecule has 2 nitrogen and oxygen atoms in total. The molecule has 0 saturated carbocycles. The Labute approximate surface area is 135 Å². The van der Waals surface area contributed by atoms with Gasteiger partial charge in [-0.3, -0.25) is 0 Å². The predicted molar refractivity (Wildman–Crippen MR) is 93.6 cm³/mol. The van der Waals surface area contributed by atoms with Crippen LogP contribution in [0.25, 0.3) is 21.5 Å².